The SMILES string of the molecule is O=C(NCCc1ccccc1F)c1ccccc1-c1cc(-c2ccccc2)n[nH]1. The summed E-state index contributed by atoms with van der Waals surface area (Å²) in [4.78, 5) is 12.8. The first kappa shape index (κ1) is 18.6. The van der Waals surface area contributed by atoms with E-state index in [0.29, 0.717) is 24.1 Å². The Hall–Kier alpha value is -3.73. The third kappa shape index (κ3) is 4.24. The highest BCUT2D eigenvalue weighted by Crippen LogP contribution is 2.26. The van der Waals surface area contributed by atoms with E-state index >= 15 is 0 Å². The van der Waals surface area contributed by atoms with E-state index in [4.69, 9.17) is 0 Å². The fourth-order valence-corrected chi connectivity index (χ4v) is 3.24. The molecule has 3 aromatic carbocycles. The second-order valence-electron chi connectivity index (χ2n) is 6.68. The zero-order valence-corrected chi connectivity index (χ0v) is 15.7. The van der Waals surface area contributed by atoms with Gasteiger partial charge in [0.2, 0.25) is 0 Å². The van der Waals surface area contributed by atoms with Crippen LogP contribution in [0.5, 0.6) is 0 Å². The number of hydrogen-bond acceptors (Lipinski definition) is 2. The van der Waals surface area contributed by atoms with Gasteiger partial charge >= 0.3 is 0 Å². The van der Waals surface area contributed by atoms with Crippen LogP contribution in [0, 0.1) is 5.82 Å². The fraction of sp³-hybridized carbons (Fsp3) is 0.0833. The Labute approximate surface area is 168 Å². The van der Waals surface area contributed by atoms with E-state index in [0.717, 1.165) is 22.5 Å². The minimum absolute atomic E-state index is 0.201. The van der Waals surface area contributed by atoms with Gasteiger partial charge in [0.15, 0.2) is 0 Å². The molecule has 0 unspecified atom stereocenters. The molecule has 0 atom stereocenters. The molecule has 2 N–H and O–H groups in total. The number of amides is 1. The lowest BCUT2D eigenvalue weighted by Crippen LogP contribution is -2.26. The zero-order valence-electron chi connectivity index (χ0n) is 15.7. The molecule has 0 saturated carbocycles. The van der Waals surface area contributed by atoms with Gasteiger partial charge < -0.3 is 5.32 Å². The Bertz CT molecular complexity index is 1120. The largest absolute Gasteiger partial charge is 0.352 e. The second kappa shape index (κ2) is 8.52. The number of aromatic amines is 1. The van der Waals surface area contributed by atoms with Crippen LogP contribution in [0.3, 0.4) is 0 Å². The van der Waals surface area contributed by atoms with E-state index in [2.05, 4.69) is 15.5 Å². The van der Waals surface area contributed by atoms with Gasteiger partial charge in [0, 0.05) is 23.2 Å². The van der Waals surface area contributed by atoms with Gasteiger partial charge in [-0.3, -0.25) is 9.89 Å². The number of nitrogens with zero attached hydrogens (tertiary/aromatic N) is 1. The third-order valence-corrected chi connectivity index (χ3v) is 4.75. The first-order valence-corrected chi connectivity index (χ1v) is 9.44. The van der Waals surface area contributed by atoms with Crippen molar-refractivity contribution in [3.05, 3.63) is 102 Å². The lowest BCUT2D eigenvalue weighted by atomic mass is 10.0. The minimum atomic E-state index is -0.256. The van der Waals surface area contributed by atoms with Gasteiger partial charge in [0.05, 0.1) is 11.4 Å². The lowest BCUT2D eigenvalue weighted by molar-refractivity contribution is 0.0954. The first-order chi connectivity index (χ1) is 14.2. The highest BCUT2D eigenvalue weighted by molar-refractivity contribution is 6.00. The van der Waals surface area contributed by atoms with Crippen LogP contribution in [0.2, 0.25) is 0 Å². The maximum Gasteiger partial charge on any atom is 0.251 e. The molecule has 4 aromatic rings. The van der Waals surface area contributed by atoms with Crippen LogP contribution in [-0.4, -0.2) is 22.6 Å². The van der Waals surface area contributed by atoms with Crippen LogP contribution in [-0.2, 0) is 6.42 Å². The van der Waals surface area contributed by atoms with E-state index < -0.39 is 0 Å². The average molecular weight is 385 g/mol. The molecule has 0 bridgehead atoms. The molecule has 0 aliphatic heterocycles. The number of hydrogen-bond donors (Lipinski definition) is 2. The lowest BCUT2D eigenvalue weighted by Gasteiger charge is -2.09. The highest BCUT2D eigenvalue weighted by atomic mass is 19.1. The summed E-state index contributed by atoms with van der Waals surface area (Å²) >= 11 is 0. The van der Waals surface area contributed by atoms with Crippen LogP contribution in [0.15, 0.2) is 84.9 Å². The van der Waals surface area contributed by atoms with Crippen LogP contribution < -0.4 is 5.32 Å². The Kier molecular flexibility index (Phi) is 5.47. The Balaban J connectivity index is 1.50. The van der Waals surface area contributed by atoms with Gasteiger partial charge in [-0.2, -0.15) is 5.10 Å². The van der Waals surface area contributed by atoms with E-state index in [1.54, 1.807) is 24.3 Å². The molecule has 1 amide bonds. The van der Waals surface area contributed by atoms with Crippen molar-refractivity contribution in [2.45, 2.75) is 6.42 Å². The third-order valence-electron chi connectivity index (χ3n) is 4.75. The van der Waals surface area contributed by atoms with Crippen molar-refractivity contribution < 1.29 is 9.18 Å². The maximum atomic E-state index is 13.7. The van der Waals surface area contributed by atoms with Crippen LogP contribution in [0.4, 0.5) is 4.39 Å². The maximum absolute atomic E-state index is 13.7. The summed E-state index contributed by atoms with van der Waals surface area (Å²) in [5.41, 5.74) is 4.48. The van der Waals surface area contributed by atoms with Gasteiger partial charge in [-0.15, -0.1) is 0 Å². The fourth-order valence-electron chi connectivity index (χ4n) is 3.24. The molecule has 29 heavy (non-hydrogen) atoms. The first-order valence-electron chi connectivity index (χ1n) is 9.44. The van der Waals surface area contributed by atoms with Crippen molar-refractivity contribution >= 4 is 5.91 Å². The topological polar surface area (TPSA) is 57.8 Å². The Morgan fingerprint density at radius 2 is 1.66 bits per heavy atom. The summed E-state index contributed by atoms with van der Waals surface area (Å²) in [5, 5.41) is 10.3. The van der Waals surface area contributed by atoms with E-state index in [-0.39, 0.29) is 11.7 Å². The van der Waals surface area contributed by atoms with Gasteiger partial charge in [0.1, 0.15) is 5.82 Å². The predicted molar refractivity (Wildman–Crippen MR) is 112 cm³/mol. The smallest absolute Gasteiger partial charge is 0.251 e. The molecule has 0 radical (unpaired) electrons. The molecule has 4 rings (SSSR count). The van der Waals surface area contributed by atoms with E-state index in [1.807, 2.05) is 54.6 Å². The zero-order chi connectivity index (χ0) is 20.1. The Morgan fingerprint density at radius 3 is 2.48 bits per heavy atom. The number of halogens is 1. The molecule has 144 valence electrons. The molecule has 0 spiro atoms. The number of carbonyl (C=O) groups excluding carboxylic acids is 1. The number of carbonyl (C=O) groups is 1. The van der Waals surface area contributed by atoms with Crippen molar-refractivity contribution in [1.29, 1.82) is 0 Å². The van der Waals surface area contributed by atoms with Crippen molar-refractivity contribution in [3.63, 3.8) is 0 Å². The summed E-state index contributed by atoms with van der Waals surface area (Å²) in [6, 6.07) is 25.7. The average Bonchev–Trinajstić information content (AvgIpc) is 3.26. The number of nitrogens with one attached hydrogen (secondary N) is 2. The summed E-state index contributed by atoms with van der Waals surface area (Å²) in [6.45, 7) is 0.354. The summed E-state index contributed by atoms with van der Waals surface area (Å²) in [7, 11) is 0. The molecular weight excluding hydrogens is 365 g/mol. The molecule has 4 nitrogen and oxygen atoms in total. The number of rotatable bonds is 6. The number of aromatic nitrogens is 2. The predicted octanol–water partition coefficient (Wildman–Crippen LogP) is 4.86. The van der Waals surface area contributed by atoms with Crippen LogP contribution >= 0.6 is 0 Å². The second-order valence-corrected chi connectivity index (χ2v) is 6.68. The van der Waals surface area contributed by atoms with Crippen molar-refractivity contribution in [2.75, 3.05) is 6.54 Å². The monoisotopic (exact) mass is 385 g/mol. The van der Waals surface area contributed by atoms with Gasteiger partial charge in [-0.1, -0.05) is 66.7 Å². The summed E-state index contributed by atoms with van der Waals surface area (Å²) in [5.74, 6) is -0.458. The number of benzene rings is 3. The number of H-pyrrole nitrogens is 1. The molecular formula is C24H20FN3O. The molecule has 1 heterocycles. The van der Waals surface area contributed by atoms with Crippen molar-refractivity contribution in [1.82, 2.24) is 15.5 Å². The molecule has 0 aliphatic rings. The van der Waals surface area contributed by atoms with E-state index in [1.165, 1.54) is 6.07 Å². The summed E-state index contributed by atoms with van der Waals surface area (Å²) in [6.07, 6.45) is 0.433. The van der Waals surface area contributed by atoms with Crippen molar-refractivity contribution in [3.8, 4) is 22.5 Å². The Morgan fingerprint density at radius 1 is 0.931 bits per heavy atom. The van der Waals surface area contributed by atoms with E-state index in [9.17, 15) is 9.18 Å². The molecule has 1 aromatic heterocycles. The van der Waals surface area contributed by atoms with Gasteiger partial charge in [-0.25, -0.2) is 4.39 Å². The standard InChI is InChI=1S/C24H20FN3O/c25-21-13-7-4-8-17(21)14-15-26-24(29)20-12-6-5-11-19(20)23-16-22(27-28-23)18-9-2-1-3-10-18/h1-13,16H,14-15H2,(H,26,29)(H,27,28). The summed E-state index contributed by atoms with van der Waals surface area (Å²) < 4.78 is 13.7. The normalized spacial score (nSPS) is 10.7. The van der Waals surface area contributed by atoms with Crippen LogP contribution in [0.25, 0.3) is 22.5 Å². The molecule has 0 aliphatic carbocycles. The minimum Gasteiger partial charge on any atom is -0.352 e. The van der Waals surface area contributed by atoms with Gasteiger partial charge in [0.25, 0.3) is 5.91 Å². The highest BCUT2D eigenvalue weighted by Gasteiger charge is 2.14. The van der Waals surface area contributed by atoms with Gasteiger partial charge in [-0.05, 0) is 30.2 Å². The molecule has 0 saturated heterocycles. The molecule has 0 fully saturated rings. The quantitative estimate of drug-likeness (QED) is 0.498. The molecule has 5 heteroatoms. The van der Waals surface area contributed by atoms with Crippen LogP contribution in [0.1, 0.15) is 15.9 Å². The van der Waals surface area contributed by atoms with Crippen molar-refractivity contribution in [2.24, 2.45) is 0 Å².